The molecule has 0 spiro atoms. The molecule has 0 unspecified atom stereocenters. The van der Waals surface area contributed by atoms with Gasteiger partial charge in [0, 0.05) is 44.8 Å². The Morgan fingerprint density at radius 3 is 2.29 bits per heavy atom. The van der Waals surface area contributed by atoms with Crippen molar-refractivity contribution in [1.29, 1.82) is 0 Å². The van der Waals surface area contributed by atoms with Crippen LogP contribution in [0.2, 0.25) is 0 Å². The van der Waals surface area contributed by atoms with Gasteiger partial charge in [0.1, 0.15) is 17.9 Å². The van der Waals surface area contributed by atoms with Gasteiger partial charge in [-0.1, -0.05) is 19.3 Å². The van der Waals surface area contributed by atoms with Crippen molar-refractivity contribution in [3.63, 3.8) is 0 Å². The number of hydrogen-bond donors (Lipinski definition) is 6. The third-order valence-corrected chi connectivity index (χ3v) is 9.10. The largest absolute Gasteiger partial charge is 0.383 e. The van der Waals surface area contributed by atoms with Crippen LogP contribution in [0.25, 0.3) is 0 Å². The van der Waals surface area contributed by atoms with E-state index >= 15 is 0 Å². The number of nitrogens with zero attached hydrogens (tertiary/aromatic N) is 4. The summed E-state index contributed by atoms with van der Waals surface area (Å²) in [5.41, 5.74) is 6.08. The zero-order valence-corrected chi connectivity index (χ0v) is 23.8. The highest BCUT2D eigenvalue weighted by Gasteiger charge is 2.25. The van der Waals surface area contributed by atoms with Crippen LogP contribution in [0, 0.1) is 11.8 Å². The Kier molecular flexibility index (Phi) is 11.5. The Bertz CT molecular complexity index is 881. The summed E-state index contributed by atoms with van der Waals surface area (Å²) in [6, 6.07) is 2.53. The molecule has 2 aliphatic carbocycles. The third kappa shape index (κ3) is 10.2. The number of nitrogen functional groups attached to an aromatic ring is 1. The second-order valence-electron chi connectivity index (χ2n) is 11.5. The Morgan fingerprint density at radius 1 is 0.921 bits per heavy atom. The maximum absolute atomic E-state index is 11.3. The monoisotopic (exact) mass is 552 g/mol. The predicted octanol–water partition coefficient (Wildman–Crippen LogP) is 2.44. The van der Waals surface area contributed by atoms with Crippen molar-refractivity contribution in [2.45, 2.75) is 70.3 Å². The van der Waals surface area contributed by atoms with Crippen LogP contribution in [-0.2, 0) is 4.57 Å². The molecular weight excluding hydrogens is 503 g/mol. The van der Waals surface area contributed by atoms with Crippen molar-refractivity contribution in [3.8, 4) is 0 Å². The third-order valence-electron chi connectivity index (χ3n) is 8.33. The van der Waals surface area contributed by atoms with Gasteiger partial charge in [0.15, 0.2) is 0 Å². The van der Waals surface area contributed by atoms with Gasteiger partial charge >= 0.3 is 7.60 Å². The average molecular weight is 553 g/mol. The molecule has 1 saturated heterocycles. The smallest absolute Gasteiger partial charge is 0.339 e. The number of hydrogen-bond acceptors (Lipinski definition) is 9. The minimum absolute atomic E-state index is 0.199. The van der Waals surface area contributed by atoms with Crippen molar-refractivity contribution >= 4 is 25.2 Å². The Labute approximate surface area is 227 Å². The summed E-state index contributed by atoms with van der Waals surface area (Å²) in [5.74, 6) is 3.15. The molecule has 7 N–H and O–H groups in total. The van der Waals surface area contributed by atoms with Gasteiger partial charge < -0.3 is 36.4 Å². The molecule has 216 valence electrons. The van der Waals surface area contributed by atoms with Crippen LogP contribution < -0.4 is 26.6 Å². The van der Waals surface area contributed by atoms with E-state index in [1.807, 2.05) is 0 Å². The lowest BCUT2D eigenvalue weighted by atomic mass is 9.82. The standard InChI is InChI=1S/C26H49N8O3P/c27-24-17-25(34-15-13-33(14-16-34)20-38(35,36)37)32-26(31-24)30-19-22-9-7-21(8-10-22)18-28-11-4-12-29-23-5-2-1-3-6-23/h17,21-23,28-29H,1-16,18-20H2,(H2,35,36,37)(H3,27,30,31,32)/t21-,22-. The Hall–Kier alpha value is -1.49. The molecular formula is C26H49N8O3P. The topological polar surface area (TPSA) is 152 Å². The SMILES string of the molecule is Nc1cc(N2CCN(CP(=O)(O)O)CC2)nc(NC[C@H]2CC[C@H](CNCCCNC3CCCCC3)CC2)n1. The van der Waals surface area contributed by atoms with E-state index in [1.54, 1.807) is 11.0 Å². The molecule has 2 heterocycles. The van der Waals surface area contributed by atoms with Gasteiger partial charge in [-0.2, -0.15) is 9.97 Å². The van der Waals surface area contributed by atoms with Gasteiger partial charge in [0.2, 0.25) is 5.95 Å². The average Bonchev–Trinajstić information content (AvgIpc) is 2.90. The molecule has 1 aliphatic heterocycles. The van der Waals surface area contributed by atoms with E-state index in [4.69, 9.17) is 5.73 Å². The van der Waals surface area contributed by atoms with Gasteiger partial charge in [-0.15, -0.1) is 0 Å². The predicted molar refractivity (Wildman–Crippen MR) is 153 cm³/mol. The maximum atomic E-state index is 11.3. The summed E-state index contributed by atoms with van der Waals surface area (Å²) in [6.45, 7) is 6.67. The van der Waals surface area contributed by atoms with Crippen LogP contribution >= 0.6 is 7.60 Å². The van der Waals surface area contributed by atoms with Crippen molar-refractivity contribution in [1.82, 2.24) is 25.5 Å². The van der Waals surface area contributed by atoms with Crippen molar-refractivity contribution < 1.29 is 14.4 Å². The maximum Gasteiger partial charge on any atom is 0.339 e. The molecule has 4 rings (SSSR count). The molecule has 11 nitrogen and oxygen atoms in total. The summed E-state index contributed by atoms with van der Waals surface area (Å²) < 4.78 is 11.3. The first-order chi connectivity index (χ1) is 18.3. The number of nitrogens with two attached hydrogens (primary N) is 1. The van der Waals surface area contributed by atoms with Crippen molar-refractivity contribution in [2.75, 3.05) is 74.6 Å². The van der Waals surface area contributed by atoms with E-state index in [2.05, 4.69) is 30.8 Å². The van der Waals surface area contributed by atoms with E-state index in [1.165, 1.54) is 64.2 Å². The lowest BCUT2D eigenvalue weighted by Gasteiger charge is -2.35. The summed E-state index contributed by atoms with van der Waals surface area (Å²) in [4.78, 5) is 31.4. The molecule has 1 aromatic heterocycles. The normalized spacial score (nSPS) is 24.0. The zero-order valence-electron chi connectivity index (χ0n) is 22.9. The fraction of sp³-hybridized carbons (Fsp3) is 0.846. The second-order valence-corrected chi connectivity index (χ2v) is 13.1. The molecule has 0 bridgehead atoms. The minimum atomic E-state index is -4.04. The first-order valence-corrected chi connectivity index (χ1v) is 16.5. The molecule has 0 radical (unpaired) electrons. The summed E-state index contributed by atoms with van der Waals surface area (Å²) >= 11 is 0. The van der Waals surface area contributed by atoms with Gasteiger partial charge in [-0.3, -0.25) is 9.46 Å². The second kappa shape index (κ2) is 14.8. The van der Waals surface area contributed by atoms with Gasteiger partial charge in [-0.05, 0) is 76.4 Å². The molecule has 3 aliphatic rings. The molecule has 3 fully saturated rings. The van der Waals surface area contributed by atoms with Gasteiger partial charge in [-0.25, -0.2) is 0 Å². The van der Waals surface area contributed by atoms with E-state index in [-0.39, 0.29) is 6.29 Å². The van der Waals surface area contributed by atoms with Crippen LogP contribution in [0.1, 0.15) is 64.2 Å². The lowest BCUT2D eigenvalue weighted by Crippen LogP contribution is -2.46. The van der Waals surface area contributed by atoms with Crippen LogP contribution in [-0.4, -0.2) is 89.3 Å². The minimum Gasteiger partial charge on any atom is -0.383 e. The number of nitrogens with one attached hydrogen (secondary N) is 3. The highest BCUT2D eigenvalue weighted by molar-refractivity contribution is 7.51. The molecule has 0 atom stereocenters. The quantitative estimate of drug-likeness (QED) is 0.158. The van der Waals surface area contributed by atoms with Crippen LogP contribution in [0.5, 0.6) is 0 Å². The van der Waals surface area contributed by atoms with Crippen molar-refractivity contribution in [2.24, 2.45) is 11.8 Å². The van der Waals surface area contributed by atoms with Gasteiger partial charge in [0.05, 0.1) is 0 Å². The number of aromatic nitrogens is 2. The molecule has 38 heavy (non-hydrogen) atoms. The zero-order chi connectivity index (χ0) is 26.8. The number of rotatable bonds is 13. The fourth-order valence-electron chi connectivity index (χ4n) is 6.08. The van der Waals surface area contributed by atoms with E-state index in [0.717, 1.165) is 44.0 Å². The summed E-state index contributed by atoms with van der Waals surface area (Å²) in [7, 11) is -4.04. The molecule has 1 aromatic rings. The highest BCUT2D eigenvalue weighted by atomic mass is 31.2. The Morgan fingerprint density at radius 2 is 1.61 bits per heavy atom. The molecule has 12 heteroatoms. The van der Waals surface area contributed by atoms with Crippen molar-refractivity contribution in [3.05, 3.63) is 6.07 Å². The molecule has 0 aromatic carbocycles. The fourth-order valence-corrected chi connectivity index (χ4v) is 6.88. The first-order valence-electron chi connectivity index (χ1n) is 14.7. The highest BCUT2D eigenvalue weighted by Crippen LogP contribution is 2.35. The van der Waals surface area contributed by atoms with Crippen LogP contribution in [0.4, 0.5) is 17.6 Å². The lowest BCUT2D eigenvalue weighted by molar-refractivity contribution is 0.263. The summed E-state index contributed by atoms with van der Waals surface area (Å²) in [5, 5.41) is 10.8. The number of anilines is 3. The van der Waals surface area contributed by atoms with E-state index in [9.17, 15) is 14.4 Å². The van der Waals surface area contributed by atoms with Crippen LogP contribution in [0.15, 0.2) is 6.07 Å². The molecule has 0 amide bonds. The first kappa shape index (κ1) is 29.5. The van der Waals surface area contributed by atoms with Crippen LogP contribution in [0.3, 0.4) is 0 Å². The van der Waals surface area contributed by atoms with E-state index < -0.39 is 7.60 Å². The Balaban J connectivity index is 1.10. The van der Waals surface area contributed by atoms with Gasteiger partial charge in [0.25, 0.3) is 0 Å². The van der Waals surface area contributed by atoms with E-state index in [0.29, 0.717) is 43.9 Å². The summed E-state index contributed by atoms with van der Waals surface area (Å²) in [6.07, 6.45) is 12.9. The molecule has 2 saturated carbocycles. The number of piperazine rings is 1.